The van der Waals surface area contributed by atoms with Crippen LogP contribution in [0.25, 0.3) is 0 Å². The van der Waals surface area contributed by atoms with Gasteiger partial charge in [0.05, 0.1) is 26.6 Å². The number of rotatable bonds is 15. The molecule has 2 aliphatic rings. The maximum Gasteiger partial charge on any atom is 0.264 e. The first kappa shape index (κ1) is 40.4. The van der Waals surface area contributed by atoms with Gasteiger partial charge >= 0.3 is 0 Å². The van der Waals surface area contributed by atoms with E-state index in [2.05, 4.69) is 127 Å². The fourth-order valence-corrected chi connectivity index (χ4v) is 14.4. The minimum absolute atomic E-state index is 0.0273. The third-order valence-electron chi connectivity index (χ3n) is 11.8. The zero-order chi connectivity index (χ0) is 37.7. The molecule has 0 N–H and O–H groups in total. The second-order valence-corrected chi connectivity index (χ2v) is 22.8. The highest BCUT2D eigenvalue weighted by molar-refractivity contribution is 7.85. The van der Waals surface area contributed by atoms with Gasteiger partial charge in [-0.3, -0.25) is 4.18 Å². The number of methoxy groups -OCH3 is 1. The SMILES string of the molecule is COc1ccc(COC[C@@H](C)[C@@H]2C[C@@H](O[Si](c3ccccc3)(c3ccccc3)C(C)(C)C)C[C@H]3[C@@H]2C=C(C)C[C@H]3[C@H](COS(C)(=O)=O)C(C)C)cc1. The van der Waals surface area contributed by atoms with E-state index in [0.717, 1.165) is 36.8 Å². The summed E-state index contributed by atoms with van der Waals surface area (Å²) in [5, 5.41) is 2.45. The van der Waals surface area contributed by atoms with Gasteiger partial charge in [0.25, 0.3) is 18.4 Å². The fraction of sp³-hybridized carbons (Fsp3) is 0.545. The summed E-state index contributed by atoms with van der Waals surface area (Å²) in [4.78, 5) is 0. The molecule has 1 fully saturated rings. The van der Waals surface area contributed by atoms with E-state index in [4.69, 9.17) is 18.1 Å². The molecule has 2 aliphatic carbocycles. The first-order chi connectivity index (χ1) is 24.6. The first-order valence-corrected chi connectivity index (χ1v) is 22.9. The van der Waals surface area contributed by atoms with E-state index in [-0.39, 0.29) is 41.4 Å². The van der Waals surface area contributed by atoms with Crippen molar-refractivity contribution in [2.75, 3.05) is 26.6 Å². The van der Waals surface area contributed by atoms with Crippen LogP contribution in [0.2, 0.25) is 5.04 Å². The van der Waals surface area contributed by atoms with E-state index in [0.29, 0.717) is 31.0 Å². The van der Waals surface area contributed by atoms with E-state index in [1.807, 2.05) is 12.1 Å². The Morgan fingerprint density at radius 3 is 1.94 bits per heavy atom. The van der Waals surface area contributed by atoms with E-state index in [1.165, 1.54) is 15.9 Å². The van der Waals surface area contributed by atoms with Crippen LogP contribution < -0.4 is 15.1 Å². The molecule has 0 heterocycles. The summed E-state index contributed by atoms with van der Waals surface area (Å²) < 4.78 is 49.8. The lowest BCUT2D eigenvalue weighted by Crippen LogP contribution is -2.68. The molecule has 0 spiro atoms. The Labute approximate surface area is 315 Å². The van der Waals surface area contributed by atoms with Crippen LogP contribution in [0.1, 0.15) is 73.3 Å². The molecule has 7 atom stereocenters. The highest BCUT2D eigenvalue weighted by atomic mass is 32.2. The second-order valence-electron chi connectivity index (χ2n) is 16.9. The van der Waals surface area contributed by atoms with Gasteiger partial charge in [0.1, 0.15) is 5.75 Å². The molecular formula is C44H62O6SSi. The van der Waals surface area contributed by atoms with Crippen molar-refractivity contribution in [3.05, 3.63) is 102 Å². The highest BCUT2D eigenvalue weighted by Gasteiger charge is 2.54. The van der Waals surface area contributed by atoms with Gasteiger partial charge in [-0.2, -0.15) is 8.42 Å². The molecule has 0 aliphatic heterocycles. The van der Waals surface area contributed by atoms with Gasteiger partial charge in [-0.15, -0.1) is 0 Å². The summed E-state index contributed by atoms with van der Waals surface area (Å²) in [6.07, 6.45) is 6.55. The fourth-order valence-electron chi connectivity index (χ4n) is 9.30. The summed E-state index contributed by atoms with van der Waals surface area (Å²) in [6, 6.07) is 30.0. The standard InChI is InChI=1S/C44H62O6SSi/c1-31(2)43(30-49-51(9,45)46)41-25-32(3)24-40-39(33(4)28-48-29-34-20-22-35(47-8)23-21-34)26-36(27-42(40)41)50-52(44(5,6)7,37-16-12-10-13-17-37)38-18-14-11-15-19-38/h10-24,31,33,36,39-43H,25-30H2,1-9H3/t33-,36-,39+,40-,41-,42+,43-/m1/s1. The summed E-state index contributed by atoms with van der Waals surface area (Å²) in [7, 11) is -4.70. The molecule has 1 saturated carbocycles. The predicted molar refractivity (Wildman–Crippen MR) is 215 cm³/mol. The van der Waals surface area contributed by atoms with Crippen molar-refractivity contribution in [3.63, 3.8) is 0 Å². The molecule has 3 aromatic carbocycles. The lowest BCUT2D eigenvalue weighted by molar-refractivity contribution is -0.0368. The molecule has 0 saturated heterocycles. The maximum atomic E-state index is 12.3. The summed E-state index contributed by atoms with van der Waals surface area (Å²) in [6.45, 7) is 17.5. The molecule has 0 radical (unpaired) electrons. The highest BCUT2D eigenvalue weighted by Crippen LogP contribution is 2.53. The third-order valence-corrected chi connectivity index (χ3v) is 17.5. The summed E-state index contributed by atoms with van der Waals surface area (Å²) >= 11 is 0. The Balaban J connectivity index is 1.53. The Bertz CT molecular complexity index is 1660. The second kappa shape index (κ2) is 17.1. The van der Waals surface area contributed by atoms with Crippen molar-refractivity contribution in [1.29, 1.82) is 0 Å². The molecule has 3 aromatic rings. The lowest BCUT2D eigenvalue weighted by atomic mass is 9.56. The van der Waals surface area contributed by atoms with Crippen molar-refractivity contribution in [2.45, 2.75) is 85.5 Å². The molecule has 0 bridgehead atoms. The third kappa shape index (κ3) is 9.48. The lowest BCUT2D eigenvalue weighted by Gasteiger charge is -2.53. The number of allylic oxidation sites excluding steroid dienone is 2. The van der Waals surface area contributed by atoms with Crippen LogP contribution in [0, 0.1) is 41.4 Å². The van der Waals surface area contributed by atoms with Gasteiger partial charge < -0.3 is 13.9 Å². The predicted octanol–water partition coefficient (Wildman–Crippen LogP) is 8.65. The molecule has 6 nitrogen and oxygen atoms in total. The molecule has 284 valence electrons. The van der Waals surface area contributed by atoms with Crippen LogP contribution in [0.4, 0.5) is 0 Å². The topological polar surface area (TPSA) is 71.1 Å². The van der Waals surface area contributed by atoms with Gasteiger partial charge in [-0.1, -0.05) is 126 Å². The van der Waals surface area contributed by atoms with Crippen LogP contribution in [-0.2, 0) is 30.1 Å². The Morgan fingerprint density at radius 1 is 0.827 bits per heavy atom. The largest absolute Gasteiger partial charge is 0.497 e. The van der Waals surface area contributed by atoms with Crippen molar-refractivity contribution >= 4 is 28.8 Å². The van der Waals surface area contributed by atoms with E-state index >= 15 is 0 Å². The Kier molecular flexibility index (Phi) is 13.3. The van der Waals surface area contributed by atoms with Crippen molar-refractivity contribution in [1.82, 2.24) is 0 Å². The van der Waals surface area contributed by atoms with E-state index in [9.17, 15) is 8.42 Å². The van der Waals surface area contributed by atoms with E-state index in [1.54, 1.807) is 7.11 Å². The van der Waals surface area contributed by atoms with Crippen LogP contribution in [-0.4, -0.2) is 49.4 Å². The molecule has 0 aromatic heterocycles. The number of benzene rings is 3. The summed E-state index contributed by atoms with van der Waals surface area (Å²) in [5.41, 5.74) is 2.51. The monoisotopic (exact) mass is 746 g/mol. The number of fused-ring (bicyclic) bond motifs is 1. The first-order valence-electron chi connectivity index (χ1n) is 19.1. The minimum atomic E-state index is -3.57. The van der Waals surface area contributed by atoms with Gasteiger partial charge in [0, 0.05) is 12.7 Å². The molecule has 0 amide bonds. The van der Waals surface area contributed by atoms with Gasteiger partial charge in [-0.05, 0) is 101 Å². The van der Waals surface area contributed by atoms with Crippen LogP contribution >= 0.6 is 0 Å². The zero-order valence-corrected chi connectivity index (χ0v) is 34.7. The van der Waals surface area contributed by atoms with Crippen LogP contribution in [0.5, 0.6) is 5.75 Å². The Hall–Kier alpha value is -2.75. The normalized spacial score (nSPS) is 23.8. The van der Waals surface area contributed by atoms with Gasteiger partial charge in [0.15, 0.2) is 0 Å². The van der Waals surface area contributed by atoms with E-state index < -0.39 is 18.4 Å². The van der Waals surface area contributed by atoms with Gasteiger partial charge in [-0.25, -0.2) is 0 Å². The van der Waals surface area contributed by atoms with Crippen molar-refractivity contribution in [3.8, 4) is 5.75 Å². The van der Waals surface area contributed by atoms with Crippen LogP contribution in [0.15, 0.2) is 96.6 Å². The quantitative estimate of drug-likeness (QED) is 0.0882. The Morgan fingerprint density at radius 2 is 1.42 bits per heavy atom. The van der Waals surface area contributed by atoms with Crippen LogP contribution in [0.3, 0.4) is 0 Å². The molecule has 5 rings (SSSR count). The number of ether oxygens (including phenoxy) is 2. The molecule has 0 unspecified atom stereocenters. The van der Waals surface area contributed by atoms with Gasteiger partial charge in [0.2, 0.25) is 0 Å². The zero-order valence-electron chi connectivity index (χ0n) is 32.9. The molecule has 8 heteroatoms. The average Bonchev–Trinajstić information content (AvgIpc) is 3.10. The number of hydrogen-bond donors (Lipinski definition) is 0. The summed E-state index contributed by atoms with van der Waals surface area (Å²) in [5.74, 6) is 2.76. The number of hydrogen-bond acceptors (Lipinski definition) is 6. The minimum Gasteiger partial charge on any atom is -0.497 e. The molecular weight excluding hydrogens is 685 g/mol. The maximum absolute atomic E-state index is 12.3. The smallest absolute Gasteiger partial charge is 0.264 e. The van der Waals surface area contributed by atoms with Crippen molar-refractivity contribution < 1.29 is 26.5 Å². The van der Waals surface area contributed by atoms with Crippen molar-refractivity contribution in [2.24, 2.45) is 41.4 Å². The average molecular weight is 747 g/mol. The molecule has 52 heavy (non-hydrogen) atoms.